The highest BCUT2D eigenvalue weighted by Gasteiger charge is 2.12. The van der Waals surface area contributed by atoms with Gasteiger partial charge in [-0.1, -0.05) is 11.6 Å². The van der Waals surface area contributed by atoms with Crippen LogP contribution < -0.4 is 14.2 Å². The molecule has 0 aliphatic carbocycles. The van der Waals surface area contributed by atoms with Gasteiger partial charge in [-0.3, -0.25) is 4.79 Å². The Balaban J connectivity index is 1.77. The number of halogens is 1. The van der Waals surface area contributed by atoms with Crippen molar-refractivity contribution in [2.45, 2.75) is 13.5 Å². The van der Waals surface area contributed by atoms with E-state index < -0.39 is 0 Å². The molecule has 0 saturated carbocycles. The molecule has 140 valence electrons. The van der Waals surface area contributed by atoms with Crippen molar-refractivity contribution < 1.29 is 19.0 Å². The van der Waals surface area contributed by atoms with Crippen LogP contribution in [0.4, 0.5) is 0 Å². The minimum absolute atomic E-state index is 0.100. The molecule has 2 aromatic carbocycles. The number of benzene rings is 2. The van der Waals surface area contributed by atoms with Crippen LogP contribution in [-0.2, 0) is 6.61 Å². The molecule has 0 amide bonds. The van der Waals surface area contributed by atoms with Gasteiger partial charge in [0.05, 0.1) is 25.5 Å². The van der Waals surface area contributed by atoms with Crippen LogP contribution in [0.1, 0.15) is 23.0 Å². The van der Waals surface area contributed by atoms with Crippen LogP contribution >= 0.6 is 22.9 Å². The number of ketones is 1. The molecular weight excluding hydrogens is 386 g/mol. The van der Waals surface area contributed by atoms with Crippen LogP contribution in [0.3, 0.4) is 0 Å². The molecule has 1 heterocycles. The summed E-state index contributed by atoms with van der Waals surface area (Å²) >= 11 is 7.47. The molecule has 0 fully saturated rings. The number of hydrogen-bond acceptors (Lipinski definition) is 6. The molecule has 0 atom stereocenters. The van der Waals surface area contributed by atoms with Crippen LogP contribution in [-0.4, -0.2) is 25.0 Å². The SMILES string of the molecule is COc1ccc(-c2nc(COc3ccc(Cl)cc3C(C)=O)cs2)cc1OC. The second-order valence-corrected chi connectivity index (χ2v) is 6.99. The van der Waals surface area contributed by atoms with E-state index in [4.69, 9.17) is 25.8 Å². The van der Waals surface area contributed by atoms with Crippen molar-refractivity contribution >= 4 is 28.7 Å². The first-order valence-corrected chi connectivity index (χ1v) is 9.37. The van der Waals surface area contributed by atoms with Gasteiger partial charge in [-0.25, -0.2) is 4.98 Å². The van der Waals surface area contributed by atoms with Gasteiger partial charge in [0.25, 0.3) is 0 Å². The summed E-state index contributed by atoms with van der Waals surface area (Å²) in [5.74, 6) is 1.71. The molecule has 3 rings (SSSR count). The normalized spacial score (nSPS) is 10.5. The smallest absolute Gasteiger partial charge is 0.163 e. The van der Waals surface area contributed by atoms with Crippen LogP contribution in [0.25, 0.3) is 10.6 Å². The Morgan fingerprint density at radius 3 is 2.52 bits per heavy atom. The molecule has 0 spiro atoms. The first-order chi connectivity index (χ1) is 13.0. The summed E-state index contributed by atoms with van der Waals surface area (Å²) < 4.78 is 16.4. The third-order valence-electron chi connectivity index (χ3n) is 3.88. The van der Waals surface area contributed by atoms with Gasteiger partial charge in [0.1, 0.15) is 17.4 Å². The van der Waals surface area contributed by atoms with Crippen molar-refractivity contribution in [2.24, 2.45) is 0 Å². The average molecular weight is 404 g/mol. The monoisotopic (exact) mass is 403 g/mol. The zero-order chi connectivity index (χ0) is 19.4. The van der Waals surface area contributed by atoms with Gasteiger partial charge in [0.2, 0.25) is 0 Å². The molecule has 0 aliphatic rings. The van der Waals surface area contributed by atoms with Gasteiger partial charge in [-0.15, -0.1) is 11.3 Å². The van der Waals surface area contributed by atoms with Gasteiger partial charge < -0.3 is 14.2 Å². The van der Waals surface area contributed by atoms with Crippen molar-refractivity contribution in [1.29, 1.82) is 0 Å². The van der Waals surface area contributed by atoms with E-state index in [9.17, 15) is 4.79 Å². The number of carbonyl (C=O) groups is 1. The molecule has 0 unspecified atom stereocenters. The quantitative estimate of drug-likeness (QED) is 0.503. The largest absolute Gasteiger partial charge is 0.493 e. The maximum absolute atomic E-state index is 11.8. The molecular formula is C20H18ClNO4S. The standard InChI is InChI=1S/C20H18ClNO4S/c1-12(23)16-9-14(21)5-7-17(16)26-10-15-11-27-20(22-15)13-4-6-18(24-2)19(8-13)25-3/h4-9,11H,10H2,1-3H3. The maximum Gasteiger partial charge on any atom is 0.163 e. The van der Waals surface area contributed by atoms with E-state index in [1.807, 2.05) is 23.6 Å². The molecule has 0 N–H and O–H groups in total. The van der Waals surface area contributed by atoms with Crippen molar-refractivity contribution in [3.63, 3.8) is 0 Å². The number of rotatable bonds is 7. The lowest BCUT2D eigenvalue weighted by molar-refractivity contribution is 0.101. The summed E-state index contributed by atoms with van der Waals surface area (Å²) in [5, 5.41) is 3.27. The number of hydrogen-bond donors (Lipinski definition) is 0. The number of ether oxygens (including phenoxy) is 3. The predicted molar refractivity (Wildman–Crippen MR) is 106 cm³/mol. The molecule has 3 aromatic rings. The van der Waals surface area contributed by atoms with Crippen molar-refractivity contribution in [2.75, 3.05) is 14.2 Å². The minimum Gasteiger partial charge on any atom is -0.493 e. The van der Waals surface area contributed by atoms with E-state index in [-0.39, 0.29) is 12.4 Å². The number of nitrogens with zero attached hydrogens (tertiary/aromatic N) is 1. The molecule has 0 radical (unpaired) electrons. The van der Waals surface area contributed by atoms with Gasteiger partial charge in [-0.2, -0.15) is 0 Å². The van der Waals surface area contributed by atoms with Crippen molar-refractivity contribution in [3.8, 4) is 27.8 Å². The van der Waals surface area contributed by atoms with Gasteiger partial charge in [0, 0.05) is 16.0 Å². The highest BCUT2D eigenvalue weighted by atomic mass is 35.5. The summed E-state index contributed by atoms with van der Waals surface area (Å²) in [7, 11) is 3.20. The Kier molecular flexibility index (Phi) is 5.98. The average Bonchev–Trinajstić information content (AvgIpc) is 3.15. The number of Topliss-reactive ketones (excluding diaryl/α,β-unsaturated/α-hetero) is 1. The zero-order valence-corrected chi connectivity index (χ0v) is 16.7. The van der Waals surface area contributed by atoms with Crippen molar-refractivity contribution in [1.82, 2.24) is 4.98 Å². The summed E-state index contributed by atoms with van der Waals surface area (Å²) in [6.45, 7) is 1.74. The fourth-order valence-corrected chi connectivity index (χ4v) is 3.50. The highest BCUT2D eigenvalue weighted by Crippen LogP contribution is 2.33. The molecule has 0 bridgehead atoms. The van der Waals surface area contributed by atoms with Gasteiger partial charge >= 0.3 is 0 Å². The Bertz CT molecular complexity index is 970. The number of thiazole rings is 1. The Labute approximate surface area is 166 Å². The molecule has 1 aromatic heterocycles. The number of aromatic nitrogens is 1. The fraction of sp³-hybridized carbons (Fsp3) is 0.200. The highest BCUT2D eigenvalue weighted by molar-refractivity contribution is 7.13. The first kappa shape index (κ1) is 19.2. The molecule has 0 aliphatic heterocycles. The van der Waals surface area contributed by atoms with E-state index in [2.05, 4.69) is 4.98 Å². The minimum atomic E-state index is -0.100. The molecule has 5 nitrogen and oxygen atoms in total. The van der Waals surface area contributed by atoms with E-state index in [0.29, 0.717) is 27.8 Å². The lowest BCUT2D eigenvalue weighted by Gasteiger charge is -2.09. The Morgan fingerprint density at radius 2 is 1.81 bits per heavy atom. The van der Waals surface area contributed by atoms with Gasteiger partial charge in [-0.05, 0) is 43.3 Å². The van der Waals surface area contributed by atoms with Crippen LogP contribution in [0.15, 0.2) is 41.8 Å². The van der Waals surface area contributed by atoms with Crippen molar-refractivity contribution in [3.05, 3.63) is 58.1 Å². The molecule has 27 heavy (non-hydrogen) atoms. The van der Waals surface area contributed by atoms with E-state index >= 15 is 0 Å². The number of methoxy groups -OCH3 is 2. The second kappa shape index (κ2) is 8.41. The second-order valence-electron chi connectivity index (χ2n) is 5.70. The van der Waals surface area contributed by atoms with E-state index in [1.165, 1.54) is 18.3 Å². The van der Waals surface area contributed by atoms with E-state index in [0.717, 1.165) is 16.3 Å². The lowest BCUT2D eigenvalue weighted by Crippen LogP contribution is -2.02. The molecule has 7 heteroatoms. The van der Waals surface area contributed by atoms with E-state index in [1.54, 1.807) is 32.4 Å². The Hall–Kier alpha value is -2.57. The third kappa shape index (κ3) is 4.40. The van der Waals surface area contributed by atoms with Crippen LogP contribution in [0.2, 0.25) is 5.02 Å². The summed E-state index contributed by atoms with van der Waals surface area (Å²) in [5.41, 5.74) is 2.16. The van der Waals surface area contributed by atoms with Gasteiger partial charge in [0.15, 0.2) is 17.3 Å². The lowest BCUT2D eigenvalue weighted by atomic mass is 10.1. The Morgan fingerprint density at radius 1 is 1.07 bits per heavy atom. The third-order valence-corrected chi connectivity index (χ3v) is 5.05. The molecule has 0 saturated heterocycles. The topological polar surface area (TPSA) is 57.7 Å². The fourth-order valence-electron chi connectivity index (χ4n) is 2.53. The van der Waals surface area contributed by atoms with Crippen LogP contribution in [0, 0.1) is 0 Å². The predicted octanol–water partition coefficient (Wildman–Crippen LogP) is 5.26. The first-order valence-electron chi connectivity index (χ1n) is 8.12. The maximum atomic E-state index is 11.8. The summed E-state index contributed by atoms with van der Waals surface area (Å²) in [6, 6.07) is 10.7. The number of carbonyl (C=O) groups excluding carboxylic acids is 1. The summed E-state index contributed by atoms with van der Waals surface area (Å²) in [4.78, 5) is 16.4. The van der Waals surface area contributed by atoms with Crippen LogP contribution in [0.5, 0.6) is 17.2 Å². The zero-order valence-electron chi connectivity index (χ0n) is 15.1. The summed E-state index contributed by atoms with van der Waals surface area (Å²) in [6.07, 6.45) is 0.